The van der Waals surface area contributed by atoms with Gasteiger partial charge in [-0.05, 0) is 51.4 Å². The average Bonchev–Trinajstić information content (AvgIpc) is 2.37. The zero-order valence-electron chi connectivity index (χ0n) is 11.7. The van der Waals surface area contributed by atoms with E-state index in [4.69, 9.17) is 5.73 Å². The summed E-state index contributed by atoms with van der Waals surface area (Å²) < 4.78 is 0. The van der Waals surface area contributed by atoms with E-state index in [0.29, 0.717) is 6.54 Å². The predicted octanol–water partition coefficient (Wildman–Crippen LogP) is 2.65. The van der Waals surface area contributed by atoms with E-state index in [0.717, 1.165) is 35.0 Å². The van der Waals surface area contributed by atoms with Crippen LogP contribution in [0.25, 0.3) is 0 Å². The predicted molar refractivity (Wildman–Crippen MR) is 78.7 cm³/mol. The maximum absolute atomic E-state index is 5.58. The fourth-order valence-corrected chi connectivity index (χ4v) is 1.94. The monoisotopic (exact) mass is 256 g/mol. The molecule has 0 atom stereocenters. The first kappa shape index (κ1) is 13.5. The summed E-state index contributed by atoms with van der Waals surface area (Å²) in [4.78, 5) is 9.03. The molecule has 0 fully saturated rings. The van der Waals surface area contributed by atoms with Gasteiger partial charge in [0, 0.05) is 5.69 Å². The van der Waals surface area contributed by atoms with Crippen LogP contribution in [-0.4, -0.2) is 16.5 Å². The van der Waals surface area contributed by atoms with Crippen molar-refractivity contribution < 1.29 is 0 Å². The molecule has 0 amide bonds. The highest BCUT2D eigenvalue weighted by Gasteiger charge is 2.05. The third kappa shape index (κ3) is 3.29. The summed E-state index contributed by atoms with van der Waals surface area (Å²) in [6, 6.07) is 8.23. The Kier molecular flexibility index (Phi) is 4.12. The third-order valence-corrected chi connectivity index (χ3v) is 3.10. The zero-order chi connectivity index (χ0) is 13.8. The molecule has 2 rings (SSSR count). The number of aromatic nitrogens is 2. The van der Waals surface area contributed by atoms with Crippen molar-refractivity contribution in [2.75, 3.05) is 11.9 Å². The first-order valence-corrected chi connectivity index (χ1v) is 6.48. The maximum atomic E-state index is 5.58. The van der Waals surface area contributed by atoms with Gasteiger partial charge in [0.15, 0.2) is 5.82 Å². The molecule has 0 spiro atoms. The number of nitrogens with zero attached hydrogens (tertiary/aromatic N) is 2. The second kappa shape index (κ2) is 5.80. The summed E-state index contributed by atoms with van der Waals surface area (Å²) >= 11 is 0. The van der Waals surface area contributed by atoms with Gasteiger partial charge in [-0.3, -0.25) is 4.98 Å². The van der Waals surface area contributed by atoms with Gasteiger partial charge in [0.1, 0.15) is 0 Å². The van der Waals surface area contributed by atoms with Gasteiger partial charge in [-0.1, -0.05) is 12.1 Å². The Morgan fingerprint density at radius 1 is 1.05 bits per heavy atom. The number of rotatable bonds is 4. The number of hydrogen-bond donors (Lipinski definition) is 2. The molecule has 0 radical (unpaired) electrons. The summed E-state index contributed by atoms with van der Waals surface area (Å²) in [7, 11) is 0. The molecule has 1 heterocycles. The third-order valence-electron chi connectivity index (χ3n) is 3.10. The number of aryl methyl sites for hydroxylation is 3. The van der Waals surface area contributed by atoms with Crippen molar-refractivity contribution in [1.82, 2.24) is 9.97 Å². The number of benzene rings is 1. The Balaban J connectivity index is 2.25. The van der Waals surface area contributed by atoms with E-state index >= 15 is 0 Å². The second-order valence-corrected chi connectivity index (χ2v) is 4.69. The van der Waals surface area contributed by atoms with Crippen LogP contribution in [0.4, 0.5) is 11.5 Å². The van der Waals surface area contributed by atoms with Gasteiger partial charge in [-0.25, -0.2) is 4.98 Å². The van der Waals surface area contributed by atoms with Crippen LogP contribution in [-0.2, 0) is 6.42 Å². The SMILES string of the molecule is Cc1nc(C)c(Nc2cccc(CCN)c2)nc1C. The summed E-state index contributed by atoms with van der Waals surface area (Å²) in [5, 5.41) is 3.32. The first-order valence-electron chi connectivity index (χ1n) is 6.48. The molecule has 19 heavy (non-hydrogen) atoms. The molecule has 0 aliphatic heterocycles. The molecule has 100 valence electrons. The molecular weight excluding hydrogens is 236 g/mol. The minimum absolute atomic E-state index is 0.659. The molecule has 0 bridgehead atoms. The quantitative estimate of drug-likeness (QED) is 0.882. The highest BCUT2D eigenvalue weighted by Crippen LogP contribution is 2.19. The molecular formula is C15H20N4. The number of nitrogens with two attached hydrogens (primary N) is 1. The van der Waals surface area contributed by atoms with Gasteiger partial charge >= 0.3 is 0 Å². The van der Waals surface area contributed by atoms with Crippen LogP contribution in [0.5, 0.6) is 0 Å². The maximum Gasteiger partial charge on any atom is 0.152 e. The Bertz CT molecular complexity index is 578. The van der Waals surface area contributed by atoms with E-state index in [1.54, 1.807) is 0 Å². The number of nitrogens with one attached hydrogen (secondary N) is 1. The van der Waals surface area contributed by atoms with Crippen molar-refractivity contribution in [3.05, 3.63) is 46.9 Å². The summed E-state index contributed by atoms with van der Waals surface area (Å²) in [6.45, 7) is 6.57. The number of anilines is 2. The Morgan fingerprint density at radius 2 is 1.79 bits per heavy atom. The van der Waals surface area contributed by atoms with Gasteiger partial charge in [0.05, 0.1) is 17.1 Å². The lowest BCUT2D eigenvalue weighted by Crippen LogP contribution is -2.05. The van der Waals surface area contributed by atoms with Gasteiger partial charge in [-0.2, -0.15) is 0 Å². The Morgan fingerprint density at radius 3 is 2.53 bits per heavy atom. The molecule has 0 unspecified atom stereocenters. The Hall–Kier alpha value is -1.94. The van der Waals surface area contributed by atoms with Crippen LogP contribution in [0.3, 0.4) is 0 Å². The van der Waals surface area contributed by atoms with Crippen LogP contribution in [0, 0.1) is 20.8 Å². The first-order chi connectivity index (χ1) is 9.10. The van der Waals surface area contributed by atoms with Gasteiger partial charge in [-0.15, -0.1) is 0 Å². The lowest BCUT2D eigenvalue weighted by molar-refractivity contribution is 0.968. The Labute approximate surface area is 114 Å². The largest absolute Gasteiger partial charge is 0.339 e. The van der Waals surface area contributed by atoms with Gasteiger partial charge in [0.25, 0.3) is 0 Å². The zero-order valence-corrected chi connectivity index (χ0v) is 11.7. The fraction of sp³-hybridized carbons (Fsp3) is 0.333. The summed E-state index contributed by atoms with van der Waals surface area (Å²) in [5.74, 6) is 0.813. The van der Waals surface area contributed by atoms with Crippen molar-refractivity contribution in [3.8, 4) is 0 Å². The van der Waals surface area contributed by atoms with E-state index in [1.165, 1.54) is 5.56 Å². The average molecular weight is 256 g/mol. The summed E-state index contributed by atoms with van der Waals surface area (Å²) in [6.07, 6.45) is 0.882. The topological polar surface area (TPSA) is 63.8 Å². The molecule has 0 saturated heterocycles. The molecule has 0 saturated carbocycles. The highest BCUT2D eigenvalue weighted by atomic mass is 15.0. The van der Waals surface area contributed by atoms with Crippen molar-refractivity contribution in [1.29, 1.82) is 0 Å². The molecule has 0 aliphatic rings. The smallest absolute Gasteiger partial charge is 0.152 e. The normalized spacial score (nSPS) is 10.5. The van der Waals surface area contributed by atoms with Crippen molar-refractivity contribution in [2.45, 2.75) is 27.2 Å². The lowest BCUT2D eigenvalue weighted by Gasteiger charge is -2.11. The van der Waals surface area contributed by atoms with E-state index in [1.807, 2.05) is 32.9 Å². The molecule has 3 N–H and O–H groups in total. The second-order valence-electron chi connectivity index (χ2n) is 4.69. The van der Waals surface area contributed by atoms with Crippen molar-refractivity contribution in [3.63, 3.8) is 0 Å². The van der Waals surface area contributed by atoms with E-state index in [-0.39, 0.29) is 0 Å². The fourth-order valence-electron chi connectivity index (χ4n) is 1.94. The molecule has 4 nitrogen and oxygen atoms in total. The van der Waals surface area contributed by atoms with E-state index in [9.17, 15) is 0 Å². The van der Waals surface area contributed by atoms with Crippen molar-refractivity contribution >= 4 is 11.5 Å². The van der Waals surface area contributed by atoms with E-state index in [2.05, 4.69) is 27.4 Å². The standard InChI is InChI=1S/C15H20N4/c1-10-11(2)18-15(12(3)17-10)19-14-6-4-5-13(9-14)7-8-16/h4-6,9H,7-8,16H2,1-3H3,(H,18,19). The molecule has 0 aliphatic carbocycles. The lowest BCUT2D eigenvalue weighted by atomic mass is 10.1. The molecule has 1 aromatic carbocycles. The molecule has 4 heteroatoms. The minimum Gasteiger partial charge on any atom is -0.339 e. The van der Waals surface area contributed by atoms with Crippen LogP contribution in [0.1, 0.15) is 22.6 Å². The van der Waals surface area contributed by atoms with Gasteiger partial charge in [0.2, 0.25) is 0 Å². The number of hydrogen-bond acceptors (Lipinski definition) is 4. The van der Waals surface area contributed by atoms with Crippen molar-refractivity contribution in [2.24, 2.45) is 5.73 Å². The molecule has 1 aromatic heterocycles. The van der Waals surface area contributed by atoms with E-state index < -0.39 is 0 Å². The van der Waals surface area contributed by atoms with Crippen LogP contribution in [0.15, 0.2) is 24.3 Å². The van der Waals surface area contributed by atoms with Gasteiger partial charge < -0.3 is 11.1 Å². The van der Waals surface area contributed by atoms with Crippen LogP contribution >= 0.6 is 0 Å². The van der Waals surface area contributed by atoms with Crippen LogP contribution in [0.2, 0.25) is 0 Å². The molecule has 2 aromatic rings. The minimum atomic E-state index is 0.659. The summed E-state index contributed by atoms with van der Waals surface area (Å²) in [5.41, 5.74) is 10.7. The highest BCUT2D eigenvalue weighted by molar-refractivity contribution is 5.59. The van der Waals surface area contributed by atoms with Crippen LogP contribution < -0.4 is 11.1 Å².